The van der Waals surface area contributed by atoms with Crippen LogP contribution < -0.4 is 4.90 Å². The lowest BCUT2D eigenvalue weighted by Gasteiger charge is -2.41. The highest BCUT2D eigenvalue weighted by Gasteiger charge is 2.44. The van der Waals surface area contributed by atoms with E-state index in [0.717, 1.165) is 18.5 Å². The number of likely N-dealkylation sites (N-methyl/N-ethyl adjacent to an activating group) is 1. The molecular formula is C24H40N4O4S. The van der Waals surface area contributed by atoms with Gasteiger partial charge < -0.3 is 14.5 Å². The van der Waals surface area contributed by atoms with Crippen LogP contribution in [0.4, 0.5) is 5.82 Å². The molecule has 0 bridgehead atoms. The predicted octanol–water partition coefficient (Wildman–Crippen LogP) is 3.19. The smallest absolute Gasteiger partial charge is 0.247 e. The van der Waals surface area contributed by atoms with E-state index in [2.05, 4.69) is 4.98 Å². The van der Waals surface area contributed by atoms with Crippen LogP contribution in [0.1, 0.15) is 66.0 Å². The number of nitrogens with zero attached hydrogens (tertiary/aromatic N) is 4. The maximum Gasteiger partial charge on any atom is 0.247 e. The van der Waals surface area contributed by atoms with Crippen LogP contribution in [0.3, 0.4) is 0 Å². The Labute approximate surface area is 199 Å². The van der Waals surface area contributed by atoms with Crippen molar-refractivity contribution in [2.24, 2.45) is 0 Å². The van der Waals surface area contributed by atoms with Gasteiger partial charge in [-0.25, -0.2) is 13.4 Å². The lowest BCUT2D eigenvalue weighted by atomic mass is 9.92. The molecule has 2 fully saturated rings. The van der Waals surface area contributed by atoms with Crippen molar-refractivity contribution in [3.05, 3.63) is 17.8 Å². The molecule has 1 amide bonds. The van der Waals surface area contributed by atoms with Gasteiger partial charge in [0, 0.05) is 44.5 Å². The summed E-state index contributed by atoms with van der Waals surface area (Å²) in [5, 5.41) is 0. The van der Waals surface area contributed by atoms with Crippen molar-refractivity contribution in [1.82, 2.24) is 14.2 Å². The monoisotopic (exact) mass is 480 g/mol. The van der Waals surface area contributed by atoms with Gasteiger partial charge in [-0.1, -0.05) is 0 Å². The summed E-state index contributed by atoms with van der Waals surface area (Å²) < 4.78 is 35.0. The molecule has 3 heterocycles. The lowest BCUT2D eigenvalue weighted by molar-refractivity contribution is -0.141. The van der Waals surface area contributed by atoms with Crippen LogP contribution in [0, 0.1) is 6.92 Å². The average Bonchev–Trinajstić information content (AvgIpc) is 3.23. The molecule has 2 aliphatic rings. The Bertz CT molecular complexity index is 963. The summed E-state index contributed by atoms with van der Waals surface area (Å²) in [6.45, 7) is 13.5. The summed E-state index contributed by atoms with van der Waals surface area (Å²) in [6.07, 6.45) is 2.70. The number of carbonyl (C=O) groups excluding carboxylic acids is 1. The van der Waals surface area contributed by atoms with E-state index >= 15 is 0 Å². The molecule has 0 aliphatic carbocycles. The number of sulfonamides is 1. The average molecular weight is 481 g/mol. The molecule has 0 radical (unpaired) electrons. The third-order valence-corrected chi connectivity index (χ3v) is 8.79. The van der Waals surface area contributed by atoms with Crippen molar-refractivity contribution in [2.45, 2.75) is 95.8 Å². The van der Waals surface area contributed by atoms with Gasteiger partial charge in [-0.05, 0) is 79.4 Å². The Morgan fingerprint density at radius 1 is 1.30 bits per heavy atom. The number of ether oxygens (including phenoxy) is 1. The van der Waals surface area contributed by atoms with Gasteiger partial charge in [0.1, 0.15) is 16.8 Å². The second-order valence-electron chi connectivity index (χ2n) is 10.1. The van der Waals surface area contributed by atoms with Crippen molar-refractivity contribution in [3.63, 3.8) is 0 Å². The summed E-state index contributed by atoms with van der Waals surface area (Å²) in [6, 6.07) is 2.82. The van der Waals surface area contributed by atoms with Crippen LogP contribution in [0.5, 0.6) is 0 Å². The van der Waals surface area contributed by atoms with Gasteiger partial charge in [0.05, 0.1) is 5.60 Å². The van der Waals surface area contributed by atoms with Crippen molar-refractivity contribution >= 4 is 21.7 Å². The van der Waals surface area contributed by atoms with Gasteiger partial charge >= 0.3 is 0 Å². The van der Waals surface area contributed by atoms with E-state index in [1.807, 2.05) is 46.4 Å². The number of aromatic nitrogens is 1. The summed E-state index contributed by atoms with van der Waals surface area (Å²) in [5.74, 6) is 0.335. The van der Waals surface area contributed by atoms with Gasteiger partial charge in [0.2, 0.25) is 15.9 Å². The van der Waals surface area contributed by atoms with Crippen LogP contribution in [0.2, 0.25) is 0 Å². The minimum atomic E-state index is -3.90. The quantitative estimate of drug-likeness (QED) is 0.596. The third kappa shape index (κ3) is 5.35. The number of hydrogen-bond donors (Lipinski definition) is 0. The molecule has 2 saturated heterocycles. The van der Waals surface area contributed by atoms with Gasteiger partial charge in [0.25, 0.3) is 0 Å². The first kappa shape index (κ1) is 25.9. The summed E-state index contributed by atoms with van der Waals surface area (Å²) in [7, 11) is -2.10. The fraction of sp³-hybridized carbons (Fsp3) is 0.750. The van der Waals surface area contributed by atoms with Crippen LogP contribution in [-0.4, -0.2) is 79.0 Å². The minimum absolute atomic E-state index is 0.0412. The Balaban J connectivity index is 1.92. The number of carbonyl (C=O) groups is 1. The van der Waals surface area contributed by atoms with Gasteiger partial charge in [-0.2, -0.15) is 4.31 Å². The first-order chi connectivity index (χ1) is 15.4. The molecule has 0 aromatic carbocycles. The largest absolute Gasteiger partial charge is 0.375 e. The van der Waals surface area contributed by atoms with Crippen molar-refractivity contribution in [2.75, 3.05) is 31.6 Å². The zero-order valence-corrected chi connectivity index (χ0v) is 22.0. The first-order valence-electron chi connectivity index (χ1n) is 12.1. The Hall–Kier alpha value is -1.71. The number of aryl methyl sites for hydroxylation is 1. The third-order valence-electron chi connectivity index (χ3n) is 6.86. The van der Waals surface area contributed by atoms with Crippen molar-refractivity contribution < 1.29 is 17.9 Å². The number of hydrogen-bond acceptors (Lipinski definition) is 6. The molecule has 0 saturated carbocycles. The van der Waals surface area contributed by atoms with Gasteiger partial charge in [-0.3, -0.25) is 4.79 Å². The highest BCUT2D eigenvalue weighted by Crippen LogP contribution is 2.34. The molecule has 3 rings (SSSR count). The molecule has 0 spiro atoms. The number of rotatable bonds is 7. The Morgan fingerprint density at radius 2 is 2.00 bits per heavy atom. The second kappa shape index (κ2) is 9.88. The van der Waals surface area contributed by atoms with E-state index in [1.165, 1.54) is 4.31 Å². The number of anilines is 1. The maximum atomic E-state index is 13.9. The topological polar surface area (TPSA) is 83.1 Å². The van der Waals surface area contributed by atoms with E-state index in [4.69, 9.17) is 4.74 Å². The SMILES string of the molecule is CCN(c1nc(C)ccc1S(=O)(=O)N1CCC[C@H]1C(=O)N(C)C1CCOC(C)(C)C1)C(C)C. The fourth-order valence-corrected chi connectivity index (χ4v) is 6.83. The summed E-state index contributed by atoms with van der Waals surface area (Å²) >= 11 is 0. The standard InChI is InChI=1S/C24H40N4O4S/c1-8-27(17(2)3)22-21(12-11-18(4)25-22)33(30,31)28-14-9-10-20(28)23(29)26(7)19-13-15-32-24(5,6)16-19/h11-12,17,19-20H,8-10,13-16H2,1-7H3/t19?,20-/m0/s1. The van der Waals surface area contributed by atoms with Crippen LogP contribution >= 0.6 is 0 Å². The summed E-state index contributed by atoms with van der Waals surface area (Å²) in [5.41, 5.74) is 0.473. The predicted molar refractivity (Wildman–Crippen MR) is 130 cm³/mol. The number of pyridine rings is 1. The van der Waals surface area contributed by atoms with E-state index < -0.39 is 16.1 Å². The van der Waals surface area contributed by atoms with Crippen LogP contribution in [0.15, 0.2) is 17.0 Å². The molecule has 2 aliphatic heterocycles. The molecule has 2 atom stereocenters. The normalized spacial score (nSPS) is 23.6. The summed E-state index contributed by atoms with van der Waals surface area (Å²) in [4.78, 5) is 22.1. The Morgan fingerprint density at radius 3 is 2.61 bits per heavy atom. The molecule has 33 heavy (non-hydrogen) atoms. The zero-order chi connectivity index (χ0) is 24.6. The van der Waals surface area contributed by atoms with E-state index in [-0.39, 0.29) is 28.5 Å². The first-order valence-corrected chi connectivity index (χ1v) is 13.5. The molecular weight excluding hydrogens is 440 g/mol. The molecule has 1 aromatic rings. The zero-order valence-electron chi connectivity index (χ0n) is 21.2. The fourth-order valence-electron chi connectivity index (χ4n) is 5.04. The molecule has 8 nitrogen and oxygen atoms in total. The number of amides is 1. The van der Waals surface area contributed by atoms with Crippen LogP contribution in [-0.2, 0) is 19.6 Å². The highest BCUT2D eigenvalue weighted by molar-refractivity contribution is 7.89. The lowest BCUT2D eigenvalue weighted by Crippen LogP contribution is -2.52. The molecule has 186 valence electrons. The minimum Gasteiger partial charge on any atom is -0.375 e. The molecule has 1 unspecified atom stereocenters. The Kier molecular flexibility index (Phi) is 7.75. The van der Waals surface area contributed by atoms with E-state index in [9.17, 15) is 13.2 Å². The van der Waals surface area contributed by atoms with Gasteiger partial charge in [0.15, 0.2) is 0 Å². The molecule has 1 aromatic heterocycles. The van der Waals surface area contributed by atoms with E-state index in [1.54, 1.807) is 24.1 Å². The van der Waals surface area contributed by atoms with E-state index in [0.29, 0.717) is 38.4 Å². The molecule has 0 N–H and O–H groups in total. The van der Waals surface area contributed by atoms with Crippen molar-refractivity contribution in [1.29, 1.82) is 0 Å². The van der Waals surface area contributed by atoms with Gasteiger partial charge in [-0.15, -0.1) is 0 Å². The highest BCUT2D eigenvalue weighted by atomic mass is 32.2. The second-order valence-corrected chi connectivity index (χ2v) is 12.0. The van der Waals surface area contributed by atoms with Crippen LogP contribution in [0.25, 0.3) is 0 Å². The molecule has 9 heteroatoms. The van der Waals surface area contributed by atoms with Crippen molar-refractivity contribution in [3.8, 4) is 0 Å². The maximum absolute atomic E-state index is 13.9.